The van der Waals surface area contributed by atoms with Crippen molar-refractivity contribution in [2.24, 2.45) is 0 Å². The van der Waals surface area contributed by atoms with E-state index in [0.717, 1.165) is 30.6 Å². The molecule has 1 aromatic carbocycles. The molecular formula is C17H24BrNO4S. The van der Waals surface area contributed by atoms with Crippen molar-refractivity contribution in [1.82, 2.24) is 0 Å². The molecule has 1 aromatic rings. The van der Waals surface area contributed by atoms with Crippen molar-refractivity contribution in [3.05, 3.63) is 23.8 Å². The lowest BCUT2D eigenvalue weighted by molar-refractivity contribution is -0.137. The highest BCUT2D eigenvalue weighted by Gasteiger charge is 2.41. The molecule has 1 unspecified atom stereocenters. The largest absolute Gasteiger partial charge is 0.481 e. The highest BCUT2D eigenvalue weighted by atomic mass is 79.9. The van der Waals surface area contributed by atoms with Crippen molar-refractivity contribution in [3.8, 4) is 0 Å². The number of carboxylic acid groups (broad SMARTS) is 1. The summed E-state index contributed by atoms with van der Waals surface area (Å²) in [6.07, 6.45) is 2.70. The van der Waals surface area contributed by atoms with Crippen molar-refractivity contribution in [3.63, 3.8) is 0 Å². The predicted octanol–water partition coefficient (Wildman–Crippen LogP) is 3.90. The zero-order valence-corrected chi connectivity index (χ0v) is 16.7. The number of anilines is 1. The Hall–Kier alpha value is -1.08. The van der Waals surface area contributed by atoms with E-state index in [1.54, 1.807) is 12.1 Å². The number of hydrogen-bond acceptors (Lipinski definition) is 4. The predicted molar refractivity (Wildman–Crippen MR) is 98.5 cm³/mol. The number of nitrogens with zero attached hydrogens (tertiary/aromatic N) is 1. The zero-order valence-electron chi connectivity index (χ0n) is 14.3. The maximum Gasteiger partial charge on any atom is 0.303 e. The van der Waals surface area contributed by atoms with Crippen molar-refractivity contribution in [1.29, 1.82) is 0 Å². The molecule has 0 aromatic heterocycles. The van der Waals surface area contributed by atoms with Gasteiger partial charge in [0.15, 0.2) is 0 Å². The van der Waals surface area contributed by atoms with E-state index < -0.39 is 14.2 Å². The van der Waals surface area contributed by atoms with Crippen LogP contribution in [0.3, 0.4) is 0 Å². The van der Waals surface area contributed by atoms with Crippen LogP contribution in [0.4, 0.5) is 5.69 Å². The average Bonchev–Trinajstić information content (AvgIpc) is 2.66. The lowest BCUT2D eigenvalue weighted by atomic mass is 9.81. The Morgan fingerprint density at radius 2 is 1.96 bits per heavy atom. The molecule has 1 aliphatic rings. The highest BCUT2D eigenvalue weighted by molar-refractivity contribution is 9.47. The summed E-state index contributed by atoms with van der Waals surface area (Å²) in [6, 6.07) is 5.53. The van der Waals surface area contributed by atoms with Gasteiger partial charge in [-0.25, -0.2) is 8.42 Å². The van der Waals surface area contributed by atoms with Crippen LogP contribution in [0.2, 0.25) is 0 Å². The Morgan fingerprint density at radius 1 is 1.29 bits per heavy atom. The fourth-order valence-corrected chi connectivity index (χ4v) is 4.40. The molecule has 0 amide bonds. The van der Waals surface area contributed by atoms with Gasteiger partial charge in [0.25, 0.3) is 0 Å². The minimum absolute atomic E-state index is 0.149. The smallest absolute Gasteiger partial charge is 0.303 e. The number of hydrogen-bond donors (Lipinski definition) is 1. The normalized spacial score (nSPS) is 19.3. The van der Waals surface area contributed by atoms with Gasteiger partial charge in [0.2, 0.25) is 8.27 Å². The van der Waals surface area contributed by atoms with Crippen LogP contribution in [-0.2, 0) is 18.5 Å². The molecule has 0 radical (unpaired) electrons. The molecule has 134 valence electrons. The summed E-state index contributed by atoms with van der Waals surface area (Å²) in [5.41, 5.74) is 1.97. The van der Waals surface area contributed by atoms with Crippen LogP contribution in [0, 0.1) is 0 Å². The summed E-state index contributed by atoms with van der Waals surface area (Å²) < 4.78 is 23.5. The van der Waals surface area contributed by atoms with E-state index in [1.165, 1.54) is 0 Å². The molecule has 5 nitrogen and oxygen atoms in total. The summed E-state index contributed by atoms with van der Waals surface area (Å²) in [7, 11) is -3.40. The summed E-state index contributed by atoms with van der Waals surface area (Å²) >= 11 is 2.74. The molecular weight excluding hydrogens is 394 g/mol. The number of carbonyl (C=O) groups is 1. The second kappa shape index (κ2) is 7.04. The first-order valence-corrected chi connectivity index (χ1v) is 11.5. The number of fused-ring (bicyclic) bond motifs is 1. The first-order valence-electron chi connectivity index (χ1n) is 8.13. The van der Waals surface area contributed by atoms with Gasteiger partial charge in [-0.05, 0) is 43.5 Å². The van der Waals surface area contributed by atoms with E-state index in [9.17, 15) is 13.2 Å². The molecule has 0 spiro atoms. The lowest BCUT2D eigenvalue weighted by Gasteiger charge is -2.31. The van der Waals surface area contributed by atoms with Crippen LogP contribution in [0.15, 0.2) is 23.1 Å². The van der Waals surface area contributed by atoms with Crippen LogP contribution in [-0.4, -0.2) is 32.1 Å². The molecule has 1 heterocycles. The highest BCUT2D eigenvalue weighted by Crippen LogP contribution is 2.46. The quantitative estimate of drug-likeness (QED) is 0.537. The van der Waals surface area contributed by atoms with Crippen LogP contribution in [0.5, 0.6) is 0 Å². The van der Waals surface area contributed by atoms with E-state index >= 15 is 0 Å². The van der Waals surface area contributed by atoms with Crippen molar-refractivity contribution in [2.45, 2.75) is 62.8 Å². The van der Waals surface area contributed by atoms with Gasteiger partial charge >= 0.3 is 5.97 Å². The van der Waals surface area contributed by atoms with Gasteiger partial charge in [-0.3, -0.25) is 4.79 Å². The minimum atomic E-state index is -3.40. The Balaban J connectivity index is 2.17. The molecule has 0 saturated carbocycles. The fourth-order valence-electron chi connectivity index (χ4n) is 3.31. The Bertz CT molecular complexity index is 730. The van der Waals surface area contributed by atoms with Crippen molar-refractivity contribution >= 4 is 34.7 Å². The van der Waals surface area contributed by atoms with Gasteiger partial charge in [-0.2, -0.15) is 0 Å². The number of halogens is 1. The standard InChI is InChI=1S/C17H24BrNO4S/c1-12-17(2,3)14-11-13(24(18,22)23)8-9-15(14)19(12)10-6-4-5-7-16(20)21/h8-9,11-12H,4-7,10H2,1-3H3,(H,20,21). The maximum atomic E-state index is 11.8. The second-order valence-electron chi connectivity index (χ2n) is 6.91. The Morgan fingerprint density at radius 3 is 2.54 bits per heavy atom. The third kappa shape index (κ3) is 3.94. The number of carboxylic acids is 1. The van der Waals surface area contributed by atoms with E-state index in [2.05, 4.69) is 40.5 Å². The summed E-state index contributed by atoms with van der Waals surface area (Å²) in [4.78, 5) is 13.2. The van der Waals surface area contributed by atoms with Gasteiger partial charge < -0.3 is 10.0 Å². The van der Waals surface area contributed by atoms with Crippen LogP contribution < -0.4 is 4.90 Å². The summed E-state index contributed by atoms with van der Waals surface area (Å²) in [6.45, 7) is 7.26. The van der Waals surface area contributed by atoms with Gasteiger partial charge in [-0.1, -0.05) is 20.3 Å². The number of aliphatic carboxylic acids is 1. The molecule has 1 atom stereocenters. The van der Waals surface area contributed by atoms with Crippen molar-refractivity contribution in [2.75, 3.05) is 11.4 Å². The van der Waals surface area contributed by atoms with Crippen LogP contribution >= 0.6 is 14.8 Å². The second-order valence-corrected chi connectivity index (χ2v) is 10.8. The van der Waals surface area contributed by atoms with E-state index in [4.69, 9.17) is 5.11 Å². The first kappa shape index (κ1) is 19.2. The number of unbranched alkanes of at least 4 members (excludes halogenated alkanes) is 2. The zero-order chi connectivity index (χ0) is 18.1. The monoisotopic (exact) mass is 417 g/mol. The minimum Gasteiger partial charge on any atom is -0.481 e. The van der Waals surface area contributed by atoms with Crippen molar-refractivity contribution < 1.29 is 18.3 Å². The van der Waals surface area contributed by atoms with Crippen LogP contribution in [0.25, 0.3) is 0 Å². The summed E-state index contributed by atoms with van der Waals surface area (Å²) in [5.74, 6) is -0.750. The topological polar surface area (TPSA) is 74.7 Å². The van der Waals surface area contributed by atoms with Gasteiger partial charge in [0.1, 0.15) is 0 Å². The van der Waals surface area contributed by atoms with Gasteiger partial charge in [0.05, 0.1) is 19.7 Å². The molecule has 7 heteroatoms. The maximum absolute atomic E-state index is 11.8. The molecule has 0 aliphatic carbocycles. The third-order valence-corrected chi connectivity index (χ3v) is 6.99. The van der Waals surface area contributed by atoms with E-state index in [-0.39, 0.29) is 22.8 Å². The Labute approximate surface area is 151 Å². The third-order valence-electron chi connectivity index (χ3n) is 5.05. The molecule has 1 aliphatic heterocycles. The number of rotatable bonds is 7. The number of benzene rings is 1. The molecule has 1 N–H and O–H groups in total. The molecule has 0 bridgehead atoms. The van der Waals surface area contributed by atoms with Gasteiger partial charge in [0, 0.05) is 30.1 Å². The van der Waals surface area contributed by atoms with Crippen LogP contribution in [0.1, 0.15) is 52.0 Å². The average molecular weight is 418 g/mol. The molecule has 0 saturated heterocycles. The molecule has 24 heavy (non-hydrogen) atoms. The first-order chi connectivity index (χ1) is 11.0. The lowest BCUT2D eigenvalue weighted by Crippen LogP contribution is -2.39. The van der Waals surface area contributed by atoms with Gasteiger partial charge in [-0.15, -0.1) is 0 Å². The Kier molecular flexibility index (Phi) is 5.64. The molecule has 0 fully saturated rings. The fraction of sp³-hybridized carbons (Fsp3) is 0.588. The van der Waals surface area contributed by atoms with E-state index in [1.807, 2.05) is 6.07 Å². The van der Waals surface area contributed by atoms with E-state index in [0.29, 0.717) is 6.42 Å². The molecule has 2 rings (SSSR count). The SMILES string of the molecule is CC1N(CCCCCC(=O)O)c2ccc(S(=O)(=O)Br)cc2C1(C)C. The summed E-state index contributed by atoms with van der Waals surface area (Å²) in [5, 5.41) is 8.69.